The van der Waals surface area contributed by atoms with Crippen LogP contribution in [0.4, 0.5) is 11.8 Å². The number of aliphatic hydroxyl groups excluding tert-OH is 1. The second-order valence-corrected chi connectivity index (χ2v) is 7.26. The van der Waals surface area contributed by atoms with Crippen molar-refractivity contribution >= 4 is 17.3 Å². The average Bonchev–Trinajstić information content (AvgIpc) is 2.78. The summed E-state index contributed by atoms with van der Waals surface area (Å²) in [4.78, 5) is 9.97. The topological polar surface area (TPSA) is 76.5 Å². The predicted molar refractivity (Wildman–Crippen MR) is 82.8 cm³/mol. The van der Waals surface area contributed by atoms with Gasteiger partial charge in [0.2, 0.25) is 11.8 Å². The molecule has 0 bridgehead atoms. The van der Waals surface area contributed by atoms with Crippen molar-refractivity contribution < 1.29 is 10.0 Å². The van der Waals surface area contributed by atoms with Gasteiger partial charge in [-0.05, 0) is 18.3 Å². The molecule has 5 heteroatoms. The molecular formula is C16H25N4O+. The van der Waals surface area contributed by atoms with Crippen LogP contribution in [-0.2, 0) is 0 Å². The van der Waals surface area contributed by atoms with E-state index < -0.39 is 0 Å². The molecule has 1 saturated carbocycles. The molecule has 1 aliphatic heterocycles. The van der Waals surface area contributed by atoms with Crippen molar-refractivity contribution in [1.29, 1.82) is 0 Å². The number of aliphatic hydroxyl groups is 1. The number of fused-ring (bicyclic) bond motifs is 1. The highest BCUT2D eigenvalue weighted by Gasteiger charge is 2.39. The number of quaternary nitrogens is 1. The summed E-state index contributed by atoms with van der Waals surface area (Å²) in [6.45, 7) is 6.64. The molecule has 2 aliphatic rings. The lowest BCUT2D eigenvalue weighted by atomic mass is 9.84. The van der Waals surface area contributed by atoms with Crippen LogP contribution in [0.2, 0.25) is 0 Å². The van der Waals surface area contributed by atoms with Gasteiger partial charge in [-0.2, -0.15) is 4.98 Å². The molecule has 3 rings (SSSR count). The van der Waals surface area contributed by atoms with Gasteiger partial charge in [-0.15, -0.1) is 0 Å². The summed E-state index contributed by atoms with van der Waals surface area (Å²) in [6, 6.07) is 0.473. The maximum absolute atomic E-state index is 9.72. The van der Waals surface area contributed by atoms with Gasteiger partial charge in [0, 0.05) is 24.6 Å². The first-order chi connectivity index (χ1) is 9.86. The summed E-state index contributed by atoms with van der Waals surface area (Å²) in [5, 5.41) is 9.72. The lowest BCUT2D eigenvalue weighted by Gasteiger charge is -2.28. The molecule has 0 aromatic carbocycles. The summed E-state index contributed by atoms with van der Waals surface area (Å²) < 4.78 is 0. The van der Waals surface area contributed by atoms with Crippen molar-refractivity contribution in [2.45, 2.75) is 58.6 Å². The Balaban J connectivity index is 1.98. The Morgan fingerprint density at radius 3 is 2.52 bits per heavy atom. The van der Waals surface area contributed by atoms with Gasteiger partial charge in [0.25, 0.3) is 0 Å². The summed E-state index contributed by atoms with van der Waals surface area (Å²) >= 11 is 0. The van der Waals surface area contributed by atoms with Gasteiger partial charge in [0.1, 0.15) is 6.20 Å². The third-order valence-corrected chi connectivity index (χ3v) is 4.62. The van der Waals surface area contributed by atoms with Crippen LogP contribution in [0.25, 0.3) is 5.57 Å². The fraction of sp³-hybridized carbons (Fsp3) is 0.625. The van der Waals surface area contributed by atoms with Crippen LogP contribution in [0.1, 0.15) is 52.0 Å². The zero-order valence-corrected chi connectivity index (χ0v) is 13.1. The van der Waals surface area contributed by atoms with E-state index in [9.17, 15) is 5.11 Å². The second-order valence-electron chi connectivity index (χ2n) is 7.26. The number of nitrogens with one attached hydrogen (secondary N) is 1. The predicted octanol–water partition coefficient (Wildman–Crippen LogP) is 1.28. The maximum Gasteiger partial charge on any atom is 0.243 e. The normalized spacial score (nSPS) is 29.1. The number of nitrogens with zero attached hydrogens (tertiary/aromatic N) is 2. The van der Waals surface area contributed by atoms with Gasteiger partial charge >= 0.3 is 0 Å². The van der Waals surface area contributed by atoms with E-state index in [1.165, 1.54) is 10.5 Å². The largest absolute Gasteiger partial charge is 0.393 e. The van der Waals surface area contributed by atoms with Gasteiger partial charge in [-0.25, -0.2) is 4.98 Å². The smallest absolute Gasteiger partial charge is 0.243 e. The molecule has 1 atom stereocenters. The van der Waals surface area contributed by atoms with Crippen LogP contribution in [-0.4, -0.2) is 27.2 Å². The molecule has 0 radical (unpaired) electrons. The van der Waals surface area contributed by atoms with E-state index in [-0.39, 0.29) is 11.5 Å². The first-order valence-electron chi connectivity index (χ1n) is 7.76. The molecule has 1 fully saturated rings. The van der Waals surface area contributed by atoms with Crippen molar-refractivity contribution in [2.75, 3.05) is 5.73 Å². The first-order valence-corrected chi connectivity index (χ1v) is 7.76. The Labute approximate surface area is 125 Å². The first kappa shape index (κ1) is 14.5. The summed E-state index contributed by atoms with van der Waals surface area (Å²) in [7, 11) is 0. The van der Waals surface area contributed by atoms with Gasteiger partial charge < -0.3 is 10.8 Å². The average molecular weight is 289 g/mol. The Bertz CT molecular complexity index is 568. The number of allylic oxidation sites excluding steroid dienone is 1. The third-order valence-electron chi connectivity index (χ3n) is 4.62. The minimum absolute atomic E-state index is 0.0597. The van der Waals surface area contributed by atoms with Gasteiger partial charge in [-0.3, -0.25) is 4.90 Å². The van der Waals surface area contributed by atoms with E-state index in [2.05, 4.69) is 36.9 Å². The number of hydrogen-bond acceptors (Lipinski definition) is 4. The van der Waals surface area contributed by atoms with Crippen LogP contribution >= 0.6 is 0 Å². The quantitative estimate of drug-likeness (QED) is 0.728. The number of nitrogens with two attached hydrogens (primary N) is 1. The minimum Gasteiger partial charge on any atom is -0.393 e. The van der Waals surface area contributed by atoms with E-state index in [1.54, 1.807) is 0 Å². The van der Waals surface area contributed by atoms with Crippen LogP contribution < -0.4 is 10.6 Å². The molecule has 5 nitrogen and oxygen atoms in total. The lowest BCUT2D eigenvalue weighted by molar-refractivity contribution is -0.807. The third kappa shape index (κ3) is 2.68. The van der Waals surface area contributed by atoms with Crippen molar-refractivity contribution in [3.05, 3.63) is 18.0 Å². The Hall–Kier alpha value is -1.46. The number of rotatable bonds is 1. The molecule has 0 saturated heterocycles. The van der Waals surface area contributed by atoms with Gasteiger partial charge in [-0.1, -0.05) is 20.8 Å². The lowest BCUT2D eigenvalue weighted by Crippen LogP contribution is -3.06. The minimum atomic E-state index is -0.135. The zero-order valence-electron chi connectivity index (χ0n) is 13.1. The Kier molecular flexibility index (Phi) is 3.50. The molecule has 0 amide bonds. The van der Waals surface area contributed by atoms with Crippen LogP contribution in [0.3, 0.4) is 0 Å². The van der Waals surface area contributed by atoms with Crippen LogP contribution in [0, 0.1) is 5.41 Å². The van der Waals surface area contributed by atoms with Crippen molar-refractivity contribution in [2.24, 2.45) is 5.41 Å². The zero-order chi connectivity index (χ0) is 15.2. The van der Waals surface area contributed by atoms with Crippen molar-refractivity contribution in [3.8, 4) is 0 Å². The molecule has 21 heavy (non-hydrogen) atoms. The summed E-state index contributed by atoms with van der Waals surface area (Å²) in [5.74, 6) is 1.35. The highest BCUT2D eigenvalue weighted by Crippen LogP contribution is 2.38. The molecule has 1 aromatic rings. The highest BCUT2D eigenvalue weighted by atomic mass is 16.3. The Morgan fingerprint density at radius 2 is 1.90 bits per heavy atom. The van der Waals surface area contributed by atoms with Gasteiger partial charge in [0.15, 0.2) is 0 Å². The standard InChI is InChI=1S/C16H24N4O/c1-16(2,3)13-9-20(10-4-6-11(21)7-5-10)14-12(13)8-18-15(17)19-14/h8-11,21H,4-7H2,1-3H3,(H2,17,18,19)/p+1. The molecule has 1 aliphatic carbocycles. The summed E-state index contributed by atoms with van der Waals surface area (Å²) in [6.07, 6.45) is 7.82. The van der Waals surface area contributed by atoms with E-state index in [4.69, 9.17) is 5.73 Å². The molecule has 0 spiro atoms. The Morgan fingerprint density at radius 1 is 1.24 bits per heavy atom. The number of nitrogen functional groups attached to an aromatic ring is 1. The molecular weight excluding hydrogens is 264 g/mol. The molecule has 2 heterocycles. The van der Waals surface area contributed by atoms with Crippen molar-refractivity contribution in [3.63, 3.8) is 0 Å². The van der Waals surface area contributed by atoms with E-state index in [0.717, 1.165) is 37.1 Å². The monoisotopic (exact) mass is 289 g/mol. The fourth-order valence-electron chi connectivity index (χ4n) is 3.43. The van der Waals surface area contributed by atoms with E-state index >= 15 is 0 Å². The van der Waals surface area contributed by atoms with Crippen molar-refractivity contribution in [1.82, 2.24) is 9.97 Å². The second kappa shape index (κ2) is 5.07. The van der Waals surface area contributed by atoms with E-state index in [0.29, 0.717) is 12.0 Å². The van der Waals surface area contributed by atoms with Crippen LogP contribution in [0.5, 0.6) is 0 Å². The highest BCUT2D eigenvalue weighted by molar-refractivity contribution is 5.76. The maximum atomic E-state index is 9.72. The molecule has 1 unspecified atom stereocenters. The molecule has 4 N–H and O–H groups in total. The molecule has 1 aromatic heterocycles. The van der Waals surface area contributed by atoms with E-state index in [1.807, 2.05) is 6.20 Å². The molecule has 114 valence electrons. The summed E-state index contributed by atoms with van der Waals surface area (Å²) in [5.41, 5.74) is 8.27. The number of hydrogen-bond donors (Lipinski definition) is 3. The number of anilines is 1. The number of aromatic nitrogens is 2. The fourth-order valence-corrected chi connectivity index (χ4v) is 3.43. The SMILES string of the molecule is CC(C)(C)C1=C[NH+](C2CCC(O)CC2)c2nc(N)ncc21. The van der Waals surface area contributed by atoms with Gasteiger partial charge in [0.05, 0.1) is 17.7 Å². The van der Waals surface area contributed by atoms with Crippen LogP contribution in [0.15, 0.2) is 12.4 Å².